The standard InChI is InChI=1S/C18H29N3O.HI/c1-4-19-18(21-11-9-15(2)10-12-21)20-13-16-5-7-17(8-6-16)14-22-3;/h5-8,15H,4,9-14H2,1-3H3,(H,19,20);1H. The van der Waals surface area contributed by atoms with Gasteiger partial charge >= 0.3 is 0 Å². The Balaban J connectivity index is 0.00000264. The molecule has 0 unspecified atom stereocenters. The molecule has 1 heterocycles. The molecule has 0 atom stereocenters. The van der Waals surface area contributed by atoms with E-state index in [2.05, 4.69) is 48.3 Å². The summed E-state index contributed by atoms with van der Waals surface area (Å²) in [5, 5.41) is 3.43. The number of methoxy groups -OCH3 is 1. The molecule has 5 heteroatoms. The molecular formula is C18H30IN3O. The van der Waals surface area contributed by atoms with Gasteiger partial charge in [-0.25, -0.2) is 4.99 Å². The average molecular weight is 431 g/mol. The third-order valence-corrected chi connectivity index (χ3v) is 4.16. The molecule has 4 nitrogen and oxygen atoms in total. The summed E-state index contributed by atoms with van der Waals surface area (Å²) in [6.07, 6.45) is 2.52. The van der Waals surface area contributed by atoms with E-state index < -0.39 is 0 Å². The van der Waals surface area contributed by atoms with Crippen LogP contribution in [0.1, 0.15) is 37.8 Å². The highest BCUT2D eigenvalue weighted by Crippen LogP contribution is 2.16. The van der Waals surface area contributed by atoms with E-state index in [0.717, 1.165) is 38.1 Å². The summed E-state index contributed by atoms with van der Waals surface area (Å²) < 4.78 is 5.14. The van der Waals surface area contributed by atoms with Crippen molar-refractivity contribution in [3.8, 4) is 0 Å². The number of rotatable bonds is 5. The van der Waals surface area contributed by atoms with E-state index in [9.17, 15) is 0 Å². The van der Waals surface area contributed by atoms with E-state index in [1.807, 2.05) is 0 Å². The van der Waals surface area contributed by atoms with E-state index in [1.165, 1.54) is 24.0 Å². The maximum absolute atomic E-state index is 5.14. The van der Waals surface area contributed by atoms with Crippen LogP contribution < -0.4 is 5.32 Å². The zero-order valence-electron chi connectivity index (χ0n) is 14.5. The summed E-state index contributed by atoms with van der Waals surface area (Å²) in [7, 11) is 1.72. The number of hydrogen-bond acceptors (Lipinski definition) is 2. The van der Waals surface area contributed by atoms with Crippen molar-refractivity contribution in [2.45, 2.75) is 39.8 Å². The van der Waals surface area contributed by atoms with Gasteiger partial charge in [-0.3, -0.25) is 0 Å². The van der Waals surface area contributed by atoms with E-state index in [4.69, 9.17) is 9.73 Å². The van der Waals surface area contributed by atoms with Gasteiger partial charge in [0.05, 0.1) is 13.2 Å². The van der Waals surface area contributed by atoms with Crippen molar-refractivity contribution >= 4 is 29.9 Å². The lowest BCUT2D eigenvalue weighted by atomic mass is 10.00. The maximum Gasteiger partial charge on any atom is 0.194 e. The second-order valence-electron chi connectivity index (χ2n) is 6.09. The van der Waals surface area contributed by atoms with E-state index in [-0.39, 0.29) is 24.0 Å². The monoisotopic (exact) mass is 431 g/mol. The fourth-order valence-electron chi connectivity index (χ4n) is 2.72. The van der Waals surface area contributed by atoms with Crippen LogP contribution in [0.4, 0.5) is 0 Å². The van der Waals surface area contributed by atoms with Gasteiger partial charge in [0.1, 0.15) is 0 Å². The van der Waals surface area contributed by atoms with E-state index in [1.54, 1.807) is 7.11 Å². The highest BCUT2D eigenvalue weighted by atomic mass is 127. The average Bonchev–Trinajstić information content (AvgIpc) is 2.54. The molecule has 0 aromatic heterocycles. The Morgan fingerprint density at radius 3 is 2.39 bits per heavy atom. The predicted molar refractivity (Wildman–Crippen MR) is 107 cm³/mol. The van der Waals surface area contributed by atoms with Gasteiger partial charge < -0.3 is 15.0 Å². The van der Waals surface area contributed by atoms with E-state index >= 15 is 0 Å². The predicted octanol–water partition coefficient (Wildman–Crippen LogP) is 3.65. The van der Waals surface area contributed by atoms with Crippen LogP contribution in [-0.4, -0.2) is 37.6 Å². The molecular weight excluding hydrogens is 401 g/mol. The number of hydrogen-bond donors (Lipinski definition) is 1. The third kappa shape index (κ3) is 6.67. The number of benzene rings is 1. The van der Waals surface area contributed by atoms with Gasteiger partial charge in [0.25, 0.3) is 0 Å². The number of likely N-dealkylation sites (tertiary alicyclic amines) is 1. The molecule has 23 heavy (non-hydrogen) atoms. The largest absolute Gasteiger partial charge is 0.380 e. The molecule has 0 bridgehead atoms. The molecule has 1 aromatic carbocycles. The summed E-state index contributed by atoms with van der Waals surface area (Å²) in [5.41, 5.74) is 2.44. The first-order valence-corrected chi connectivity index (χ1v) is 8.33. The number of halogens is 1. The van der Waals surface area contributed by atoms with Crippen LogP contribution in [0, 0.1) is 5.92 Å². The minimum absolute atomic E-state index is 0. The van der Waals surface area contributed by atoms with Crippen LogP contribution in [0.25, 0.3) is 0 Å². The Hall–Kier alpha value is -0.820. The number of guanidine groups is 1. The first-order valence-electron chi connectivity index (χ1n) is 8.33. The molecule has 130 valence electrons. The molecule has 1 aromatic rings. The van der Waals surface area contributed by atoms with Crippen molar-refractivity contribution < 1.29 is 4.74 Å². The second-order valence-corrected chi connectivity index (χ2v) is 6.09. The van der Waals surface area contributed by atoms with Gasteiger partial charge in [0.15, 0.2) is 5.96 Å². The topological polar surface area (TPSA) is 36.9 Å². The van der Waals surface area contributed by atoms with Crippen molar-refractivity contribution in [1.29, 1.82) is 0 Å². The summed E-state index contributed by atoms with van der Waals surface area (Å²) >= 11 is 0. The normalized spacial score (nSPS) is 16.1. The quantitative estimate of drug-likeness (QED) is 0.440. The molecule has 1 saturated heterocycles. The first kappa shape index (κ1) is 20.2. The van der Waals surface area contributed by atoms with Crippen LogP contribution in [0.3, 0.4) is 0 Å². The highest BCUT2D eigenvalue weighted by Gasteiger charge is 2.18. The molecule has 1 aliphatic rings. The minimum atomic E-state index is 0. The van der Waals surface area contributed by atoms with Crippen LogP contribution in [-0.2, 0) is 17.9 Å². The van der Waals surface area contributed by atoms with Gasteiger partial charge in [0.2, 0.25) is 0 Å². The molecule has 0 amide bonds. The van der Waals surface area contributed by atoms with E-state index in [0.29, 0.717) is 6.61 Å². The van der Waals surface area contributed by atoms with Gasteiger partial charge in [-0.05, 0) is 36.8 Å². The van der Waals surface area contributed by atoms with Gasteiger partial charge in [-0.15, -0.1) is 24.0 Å². The van der Waals surface area contributed by atoms with Gasteiger partial charge in [-0.2, -0.15) is 0 Å². The smallest absolute Gasteiger partial charge is 0.194 e. The number of nitrogens with zero attached hydrogens (tertiary/aromatic N) is 2. The number of piperidine rings is 1. The van der Waals surface area contributed by atoms with Crippen LogP contribution >= 0.6 is 24.0 Å². The van der Waals surface area contributed by atoms with Crippen molar-refractivity contribution in [2.75, 3.05) is 26.7 Å². The number of nitrogens with one attached hydrogen (secondary N) is 1. The fraction of sp³-hybridized carbons (Fsp3) is 0.611. The zero-order chi connectivity index (χ0) is 15.8. The van der Waals surface area contributed by atoms with Gasteiger partial charge in [0, 0.05) is 26.7 Å². The summed E-state index contributed by atoms with van der Waals surface area (Å²) in [6, 6.07) is 8.51. The van der Waals surface area contributed by atoms with Crippen LogP contribution in [0.5, 0.6) is 0 Å². The Bertz CT molecular complexity index is 468. The fourth-order valence-corrected chi connectivity index (χ4v) is 2.72. The molecule has 0 spiro atoms. The molecule has 0 saturated carbocycles. The lowest BCUT2D eigenvalue weighted by molar-refractivity contribution is 0.185. The zero-order valence-corrected chi connectivity index (χ0v) is 16.9. The number of ether oxygens (including phenoxy) is 1. The Kier molecular flexibility index (Phi) is 9.55. The first-order chi connectivity index (χ1) is 10.7. The van der Waals surface area contributed by atoms with Crippen molar-refractivity contribution in [1.82, 2.24) is 10.2 Å². The van der Waals surface area contributed by atoms with Crippen LogP contribution in [0.15, 0.2) is 29.3 Å². The second kappa shape index (κ2) is 10.9. The number of aliphatic imine (C=N–C) groups is 1. The van der Waals surface area contributed by atoms with Crippen LogP contribution in [0.2, 0.25) is 0 Å². The maximum atomic E-state index is 5.14. The summed E-state index contributed by atoms with van der Waals surface area (Å²) in [4.78, 5) is 7.20. The molecule has 0 radical (unpaired) electrons. The molecule has 1 fully saturated rings. The van der Waals surface area contributed by atoms with Crippen molar-refractivity contribution in [2.24, 2.45) is 10.9 Å². The summed E-state index contributed by atoms with van der Waals surface area (Å²) in [5.74, 6) is 1.89. The Labute approximate surface area is 157 Å². The minimum Gasteiger partial charge on any atom is -0.380 e. The third-order valence-electron chi connectivity index (χ3n) is 4.16. The lowest BCUT2D eigenvalue weighted by Crippen LogP contribution is -2.45. The Morgan fingerprint density at radius 2 is 1.83 bits per heavy atom. The highest BCUT2D eigenvalue weighted by molar-refractivity contribution is 14.0. The Morgan fingerprint density at radius 1 is 1.22 bits per heavy atom. The molecule has 2 rings (SSSR count). The molecule has 0 aliphatic carbocycles. The molecule has 1 aliphatic heterocycles. The molecule has 1 N–H and O–H groups in total. The summed E-state index contributed by atoms with van der Waals surface area (Å²) in [6.45, 7) is 8.99. The SMILES string of the molecule is CCNC(=NCc1ccc(COC)cc1)N1CCC(C)CC1.I. The van der Waals surface area contributed by atoms with Crippen molar-refractivity contribution in [3.63, 3.8) is 0 Å². The van der Waals surface area contributed by atoms with Gasteiger partial charge in [-0.1, -0.05) is 31.2 Å². The van der Waals surface area contributed by atoms with Crippen molar-refractivity contribution in [3.05, 3.63) is 35.4 Å². The lowest BCUT2D eigenvalue weighted by Gasteiger charge is -2.33.